The Bertz CT molecular complexity index is 436. The summed E-state index contributed by atoms with van der Waals surface area (Å²) >= 11 is 0. The van der Waals surface area contributed by atoms with Crippen LogP contribution in [0.1, 0.15) is 18.4 Å². The molecule has 2 aliphatic heterocycles. The van der Waals surface area contributed by atoms with Gasteiger partial charge in [-0.15, -0.1) is 0 Å². The predicted octanol–water partition coefficient (Wildman–Crippen LogP) is 1.64. The van der Waals surface area contributed by atoms with Gasteiger partial charge in [-0.25, -0.2) is 0 Å². The van der Waals surface area contributed by atoms with Crippen LogP contribution in [0.4, 0.5) is 0 Å². The maximum Gasteiger partial charge on any atom is 0.165 e. The Labute approximate surface area is 114 Å². The minimum absolute atomic E-state index is 0.648. The van der Waals surface area contributed by atoms with E-state index in [-0.39, 0.29) is 0 Å². The molecule has 4 nitrogen and oxygen atoms in total. The van der Waals surface area contributed by atoms with Gasteiger partial charge >= 0.3 is 0 Å². The van der Waals surface area contributed by atoms with E-state index in [2.05, 4.69) is 23.3 Å². The van der Waals surface area contributed by atoms with Crippen LogP contribution >= 0.6 is 0 Å². The van der Waals surface area contributed by atoms with E-state index in [1.54, 1.807) is 0 Å². The molecule has 1 N–H and O–H groups in total. The topological polar surface area (TPSA) is 33.7 Å². The number of hydrogen-bond acceptors (Lipinski definition) is 4. The Kier molecular flexibility index (Phi) is 3.89. The van der Waals surface area contributed by atoms with E-state index in [1.165, 1.54) is 24.9 Å². The first-order valence-electron chi connectivity index (χ1n) is 7.13. The van der Waals surface area contributed by atoms with Crippen LogP contribution in [0, 0.1) is 0 Å². The average molecular weight is 262 g/mol. The first-order valence-corrected chi connectivity index (χ1v) is 7.13. The minimum Gasteiger partial charge on any atom is -0.486 e. The van der Waals surface area contributed by atoms with E-state index in [1.807, 2.05) is 12.1 Å². The third-order valence-corrected chi connectivity index (χ3v) is 4.01. The van der Waals surface area contributed by atoms with Gasteiger partial charge in [0.1, 0.15) is 13.2 Å². The van der Waals surface area contributed by atoms with Crippen molar-refractivity contribution >= 4 is 0 Å². The van der Waals surface area contributed by atoms with Crippen molar-refractivity contribution in [2.24, 2.45) is 0 Å². The normalized spacial score (nSPS) is 22.7. The van der Waals surface area contributed by atoms with Gasteiger partial charge in [-0.3, -0.25) is 0 Å². The van der Waals surface area contributed by atoms with Crippen molar-refractivity contribution in [3.8, 4) is 11.5 Å². The maximum absolute atomic E-state index is 5.72. The largest absolute Gasteiger partial charge is 0.486 e. The molecule has 0 spiro atoms. The number of rotatable bonds is 4. The van der Waals surface area contributed by atoms with Crippen molar-refractivity contribution in [2.75, 3.05) is 33.4 Å². The van der Waals surface area contributed by atoms with Crippen molar-refractivity contribution in [1.29, 1.82) is 0 Å². The highest BCUT2D eigenvalue weighted by molar-refractivity contribution is 5.47. The smallest absolute Gasteiger partial charge is 0.165 e. The number of para-hydroxylation sites is 1. The van der Waals surface area contributed by atoms with Gasteiger partial charge in [-0.05, 0) is 32.5 Å². The fourth-order valence-electron chi connectivity index (χ4n) is 2.88. The fraction of sp³-hybridized carbons (Fsp3) is 0.600. The summed E-state index contributed by atoms with van der Waals surface area (Å²) in [5.41, 5.74) is 1.19. The molecule has 1 aromatic rings. The molecule has 19 heavy (non-hydrogen) atoms. The maximum atomic E-state index is 5.72. The van der Waals surface area contributed by atoms with Crippen molar-refractivity contribution in [1.82, 2.24) is 10.2 Å². The Balaban J connectivity index is 1.58. The van der Waals surface area contributed by atoms with Crippen LogP contribution in [0.2, 0.25) is 0 Å². The average Bonchev–Trinajstić information content (AvgIpc) is 2.85. The van der Waals surface area contributed by atoms with E-state index < -0.39 is 0 Å². The standard InChI is InChI=1S/C15H22N2O2/c1-17-7-3-5-13(17)11-16-10-12-4-2-6-14-15(12)19-9-8-18-14/h2,4,6,13,16H,3,5,7-11H2,1H3. The predicted molar refractivity (Wildman–Crippen MR) is 74.8 cm³/mol. The molecule has 1 saturated heterocycles. The Morgan fingerprint density at radius 1 is 1.32 bits per heavy atom. The highest BCUT2D eigenvalue weighted by Crippen LogP contribution is 2.33. The summed E-state index contributed by atoms with van der Waals surface area (Å²) in [5.74, 6) is 1.80. The molecule has 1 fully saturated rings. The van der Waals surface area contributed by atoms with Crippen molar-refractivity contribution in [3.63, 3.8) is 0 Å². The Morgan fingerprint density at radius 3 is 3.05 bits per heavy atom. The van der Waals surface area contributed by atoms with Gasteiger partial charge in [0.15, 0.2) is 11.5 Å². The molecule has 1 unspecified atom stereocenters. The van der Waals surface area contributed by atoms with Gasteiger partial charge in [0.25, 0.3) is 0 Å². The third kappa shape index (κ3) is 2.85. The molecule has 1 aromatic carbocycles. The van der Waals surface area contributed by atoms with E-state index >= 15 is 0 Å². The van der Waals surface area contributed by atoms with Crippen molar-refractivity contribution < 1.29 is 9.47 Å². The fourth-order valence-corrected chi connectivity index (χ4v) is 2.88. The summed E-state index contributed by atoms with van der Waals surface area (Å²) in [6.07, 6.45) is 2.62. The lowest BCUT2D eigenvalue weighted by Crippen LogP contribution is -2.35. The highest BCUT2D eigenvalue weighted by atomic mass is 16.6. The van der Waals surface area contributed by atoms with Gasteiger partial charge in [-0.1, -0.05) is 12.1 Å². The first-order chi connectivity index (χ1) is 9.34. The number of ether oxygens (including phenoxy) is 2. The molecule has 0 radical (unpaired) electrons. The van der Waals surface area contributed by atoms with E-state index in [0.29, 0.717) is 19.3 Å². The monoisotopic (exact) mass is 262 g/mol. The molecule has 0 bridgehead atoms. The van der Waals surface area contributed by atoms with Crippen molar-refractivity contribution in [2.45, 2.75) is 25.4 Å². The molecule has 0 saturated carbocycles. The van der Waals surface area contributed by atoms with Gasteiger partial charge in [0.05, 0.1) is 0 Å². The zero-order valence-corrected chi connectivity index (χ0v) is 11.5. The number of fused-ring (bicyclic) bond motifs is 1. The third-order valence-electron chi connectivity index (χ3n) is 4.01. The summed E-state index contributed by atoms with van der Waals surface area (Å²) < 4.78 is 11.3. The molecule has 0 aromatic heterocycles. The van der Waals surface area contributed by atoms with Crippen LogP contribution in [0.25, 0.3) is 0 Å². The zero-order chi connectivity index (χ0) is 13.1. The SMILES string of the molecule is CN1CCCC1CNCc1cccc2c1OCCO2. The molecular formula is C15H22N2O2. The Morgan fingerprint density at radius 2 is 2.21 bits per heavy atom. The lowest BCUT2D eigenvalue weighted by molar-refractivity contribution is 0.169. The first kappa shape index (κ1) is 12.8. The van der Waals surface area contributed by atoms with Crippen LogP contribution in [0.15, 0.2) is 18.2 Å². The molecule has 2 heterocycles. The van der Waals surface area contributed by atoms with Crippen LogP contribution in [0.3, 0.4) is 0 Å². The lowest BCUT2D eigenvalue weighted by Gasteiger charge is -2.22. The summed E-state index contributed by atoms with van der Waals surface area (Å²) in [5, 5.41) is 3.55. The Hall–Kier alpha value is -1.26. The molecule has 2 aliphatic rings. The number of likely N-dealkylation sites (tertiary alicyclic amines) is 1. The molecule has 4 heteroatoms. The second-order valence-corrected chi connectivity index (χ2v) is 5.35. The quantitative estimate of drug-likeness (QED) is 0.894. The number of hydrogen-bond donors (Lipinski definition) is 1. The van der Waals surface area contributed by atoms with Gasteiger partial charge in [0.2, 0.25) is 0 Å². The molecule has 0 aliphatic carbocycles. The summed E-state index contributed by atoms with van der Waals surface area (Å²) in [6, 6.07) is 6.80. The van der Waals surface area contributed by atoms with Gasteiger partial charge in [0, 0.05) is 24.7 Å². The second kappa shape index (κ2) is 5.80. The summed E-state index contributed by atoms with van der Waals surface area (Å²) in [7, 11) is 2.21. The van der Waals surface area contributed by atoms with Crippen LogP contribution in [0.5, 0.6) is 11.5 Å². The van der Waals surface area contributed by atoms with Crippen LogP contribution < -0.4 is 14.8 Å². The molecule has 0 amide bonds. The highest BCUT2D eigenvalue weighted by Gasteiger charge is 2.20. The molecule has 1 atom stereocenters. The number of nitrogens with zero attached hydrogens (tertiary/aromatic N) is 1. The summed E-state index contributed by atoms with van der Waals surface area (Å²) in [6.45, 7) is 4.41. The van der Waals surface area contributed by atoms with Crippen molar-refractivity contribution in [3.05, 3.63) is 23.8 Å². The van der Waals surface area contributed by atoms with Gasteiger partial charge in [-0.2, -0.15) is 0 Å². The second-order valence-electron chi connectivity index (χ2n) is 5.35. The number of benzene rings is 1. The zero-order valence-electron chi connectivity index (χ0n) is 11.5. The van der Waals surface area contributed by atoms with Gasteiger partial charge < -0.3 is 19.7 Å². The molecular weight excluding hydrogens is 240 g/mol. The van der Waals surface area contributed by atoms with E-state index in [0.717, 1.165) is 24.6 Å². The summed E-state index contributed by atoms with van der Waals surface area (Å²) in [4.78, 5) is 2.44. The van der Waals surface area contributed by atoms with E-state index in [9.17, 15) is 0 Å². The molecule has 104 valence electrons. The van der Waals surface area contributed by atoms with Crippen LogP contribution in [-0.2, 0) is 6.54 Å². The minimum atomic E-state index is 0.648. The number of nitrogens with one attached hydrogen (secondary N) is 1. The lowest BCUT2D eigenvalue weighted by atomic mass is 10.1. The van der Waals surface area contributed by atoms with Crippen LogP contribution in [-0.4, -0.2) is 44.3 Å². The van der Waals surface area contributed by atoms with E-state index in [4.69, 9.17) is 9.47 Å². The molecule has 3 rings (SSSR count). The number of likely N-dealkylation sites (N-methyl/N-ethyl adjacent to an activating group) is 1.